The monoisotopic (exact) mass is 272 g/mol. The van der Waals surface area contributed by atoms with Crippen molar-refractivity contribution in [2.24, 2.45) is 0 Å². The smallest absolute Gasteiger partial charge is 0.389 e. The Morgan fingerprint density at radius 3 is 2.28 bits per heavy atom. The number of carboxylic acid groups (broad SMARTS) is 1. The minimum atomic E-state index is -4.20. The van der Waals surface area contributed by atoms with Crippen molar-refractivity contribution < 1.29 is 33.0 Å². The quantitative estimate of drug-likeness (QED) is 0.506. The van der Waals surface area contributed by atoms with E-state index < -0.39 is 37.2 Å². The first-order valence-corrected chi connectivity index (χ1v) is 5.21. The van der Waals surface area contributed by atoms with Crippen molar-refractivity contribution in [1.82, 2.24) is 10.6 Å². The SMILES string of the molecule is O=C(NCCCCC(F)(F)F)NCC(O)C(=O)O. The van der Waals surface area contributed by atoms with Crippen LogP contribution in [0.5, 0.6) is 0 Å². The Kier molecular flexibility index (Phi) is 7.10. The number of aliphatic hydroxyl groups is 1. The van der Waals surface area contributed by atoms with Gasteiger partial charge in [0.05, 0.1) is 6.54 Å². The van der Waals surface area contributed by atoms with Gasteiger partial charge in [-0.1, -0.05) is 0 Å². The number of alkyl halides is 3. The standard InChI is InChI=1S/C9H15F3N2O4/c10-9(11,12)3-1-2-4-13-8(18)14-5-6(15)7(16)17/h6,15H,1-5H2,(H,16,17)(H2,13,14,18). The Labute approximate surface area is 101 Å². The summed E-state index contributed by atoms with van der Waals surface area (Å²) in [6, 6.07) is -0.734. The van der Waals surface area contributed by atoms with Gasteiger partial charge in [-0.3, -0.25) is 0 Å². The Morgan fingerprint density at radius 2 is 1.78 bits per heavy atom. The lowest BCUT2D eigenvalue weighted by molar-refractivity contribution is -0.146. The number of carbonyl (C=O) groups is 2. The summed E-state index contributed by atoms with van der Waals surface area (Å²) in [7, 11) is 0. The van der Waals surface area contributed by atoms with Crippen LogP contribution >= 0.6 is 0 Å². The van der Waals surface area contributed by atoms with Gasteiger partial charge in [-0.05, 0) is 12.8 Å². The molecule has 0 radical (unpaired) electrons. The van der Waals surface area contributed by atoms with Crippen LogP contribution < -0.4 is 10.6 Å². The molecule has 0 aliphatic rings. The van der Waals surface area contributed by atoms with E-state index in [0.717, 1.165) is 0 Å². The van der Waals surface area contributed by atoms with Gasteiger partial charge in [-0.15, -0.1) is 0 Å². The molecule has 0 aromatic heterocycles. The molecule has 9 heteroatoms. The highest BCUT2D eigenvalue weighted by molar-refractivity contribution is 5.76. The number of carbonyl (C=O) groups excluding carboxylic acids is 1. The van der Waals surface area contributed by atoms with Crippen molar-refractivity contribution in [3.8, 4) is 0 Å². The van der Waals surface area contributed by atoms with Gasteiger partial charge in [0, 0.05) is 13.0 Å². The number of aliphatic carboxylic acids is 1. The van der Waals surface area contributed by atoms with E-state index in [-0.39, 0.29) is 19.4 Å². The lowest BCUT2D eigenvalue weighted by atomic mass is 10.2. The third kappa shape index (κ3) is 9.70. The molecule has 0 spiro atoms. The number of hydrogen-bond acceptors (Lipinski definition) is 3. The van der Waals surface area contributed by atoms with Crippen LogP contribution in [0.25, 0.3) is 0 Å². The zero-order valence-corrected chi connectivity index (χ0v) is 9.46. The van der Waals surface area contributed by atoms with Gasteiger partial charge in [-0.25, -0.2) is 9.59 Å². The Balaban J connectivity index is 3.52. The number of unbranched alkanes of at least 4 members (excludes halogenated alkanes) is 1. The number of amides is 2. The molecule has 0 rings (SSSR count). The number of urea groups is 1. The average Bonchev–Trinajstić information content (AvgIpc) is 2.23. The Morgan fingerprint density at radius 1 is 1.17 bits per heavy atom. The highest BCUT2D eigenvalue weighted by Gasteiger charge is 2.25. The van der Waals surface area contributed by atoms with Crippen molar-refractivity contribution in [1.29, 1.82) is 0 Å². The van der Waals surface area contributed by atoms with Gasteiger partial charge in [0.15, 0.2) is 6.10 Å². The number of halogens is 3. The largest absolute Gasteiger partial charge is 0.479 e. The van der Waals surface area contributed by atoms with Gasteiger partial charge < -0.3 is 20.8 Å². The molecule has 1 atom stereocenters. The van der Waals surface area contributed by atoms with E-state index in [1.165, 1.54) is 0 Å². The van der Waals surface area contributed by atoms with E-state index >= 15 is 0 Å². The van der Waals surface area contributed by atoms with Gasteiger partial charge in [-0.2, -0.15) is 13.2 Å². The molecule has 106 valence electrons. The predicted octanol–water partition coefficient (Wildman–Crippen LogP) is 0.464. The normalized spacial score (nSPS) is 12.9. The molecule has 0 heterocycles. The van der Waals surface area contributed by atoms with Crippen LogP contribution in [-0.4, -0.2) is 47.6 Å². The second-order valence-electron chi connectivity index (χ2n) is 3.56. The van der Waals surface area contributed by atoms with Crippen molar-refractivity contribution in [3.63, 3.8) is 0 Å². The first kappa shape index (κ1) is 16.5. The molecule has 6 nitrogen and oxygen atoms in total. The fourth-order valence-corrected chi connectivity index (χ4v) is 0.992. The van der Waals surface area contributed by atoms with Crippen LogP contribution in [0.4, 0.5) is 18.0 Å². The molecule has 0 aliphatic heterocycles. The molecule has 0 aromatic rings. The fourth-order valence-electron chi connectivity index (χ4n) is 0.992. The van der Waals surface area contributed by atoms with Crippen LogP contribution in [0.2, 0.25) is 0 Å². The first-order chi connectivity index (χ1) is 8.22. The average molecular weight is 272 g/mol. The Hall–Kier alpha value is -1.51. The summed E-state index contributed by atoms with van der Waals surface area (Å²) >= 11 is 0. The molecule has 0 saturated carbocycles. The molecule has 0 bridgehead atoms. The summed E-state index contributed by atoms with van der Waals surface area (Å²) in [4.78, 5) is 21.2. The molecule has 0 fully saturated rings. The predicted molar refractivity (Wildman–Crippen MR) is 55.0 cm³/mol. The molecular formula is C9H15F3N2O4. The molecule has 2 amide bonds. The summed E-state index contributed by atoms with van der Waals surface area (Å²) in [6.07, 6.45) is -6.75. The van der Waals surface area contributed by atoms with Crippen LogP contribution in [0.1, 0.15) is 19.3 Å². The maximum Gasteiger partial charge on any atom is 0.389 e. The van der Waals surface area contributed by atoms with E-state index in [0.29, 0.717) is 0 Å². The number of rotatable bonds is 7. The molecule has 0 aliphatic carbocycles. The van der Waals surface area contributed by atoms with Gasteiger partial charge in [0.2, 0.25) is 0 Å². The molecule has 18 heavy (non-hydrogen) atoms. The first-order valence-electron chi connectivity index (χ1n) is 5.21. The third-order valence-electron chi connectivity index (χ3n) is 1.91. The molecule has 4 N–H and O–H groups in total. The van der Waals surface area contributed by atoms with Gasteiger partial charge >= 0.3 is 18.2 Å². The number of aliphatic hydroxyl groups excluding tert-OH is 1. The lowest BCUT2D eigenvalue weighted by Crippen LogP contribution is -2.42. The summed E-state index contributed by atoms with van der Waals surface area (Å²) in [5.41, 5.74) is 0. The van der Waals surface area contributed by atoms with Crippen LogP contribution in [0, 0.1) is 0 Å². The van der Waals surface area contributed by atoms with Crippen molar-refractivity contribution in [2.75, 3.05) is 13.1 Å². The zero-order chi connectivity index (χ0) is 14.2. The van der Waals surface area contributed by atoms with E-state index in [2.05, 4.69) is 10.6 Å². The van der Waals surface area contributed by atoms with E-state index in [1.807, 2.05) is 0 Å². The van der Waals surface area contributed by atoms with Crippen LogP contribution in [-0.2, 0) is 4.79 Å². The fraction of sp³-hybridized carbons (Fsp3) is 0.778. The second kappa shape index (κ2) is 7.75. The van der Waals surface area contributed by atoms with E-state index in [4.69, 9.17) is 10.2 Å². The zero-order valence-electron chi connectivity index (χ0n) is 9.46. The maximum atomic E-state index is 11.7. The Bertz CT molecular complexity index is 283. The molecule has 0 saturated heterocycles. The van der Waals surface area contributed by atoms with E-state index in [9.17, 15) is 22.8 Å². The van der Waals surface area contributed by atoms with E-state index in [1.54, 1.807) is 0 Å². The van der Waals surface area contributed by atoms with Crippen molar-refractivity contribution in [2.45, 2.75) is 31.5 Å². The molecular weight excluding hydrogens is 257 g/mol. The number of nitrogens with one attached hydrogen (secondary N) is 2. The van der Waals surface area contributed by atoms with Crippen LogP contribution in [0.15, 0.2) is 0 Å². The minimum absolute atomic E-state index is 0.0467. The molecule has 0 aromatic carbocycles. The summed E-state index contributed by atoms with van der Waals surface area (Å²) in [6.45, 7) is -0.422. The highest BCUT2D eigenvalue weighted by atomic mass is 19.4. The summed E-state index contributed by atoms with van der Waals surface area (Å²) in [5, 5.41) is 21.4. The third-order valence-corrected chi connectivity index (χ3v) is 1.91. The van der Waals surface area contributed by atoms with Gasteiger partial charge in [0.25, 0.3) is 0 Å². The van der Waals surface area contributed by atoms with Crippen molar-refractivity contribution >= 4 is 12.0 Å². The van der Waals surface area contributed by atoms with Gasteiger partial charge in [0.1, 0.15) is 0 Å². The molecule has 1 unspecified atom stereocenters. The minimum Gasteiger partial charge on any atom is -0.479 e. The lowest BCUT2D eigenvalue weighted by Gasteiger charge is -2.09. The maximum absolute atomic E-state index is 11.7. The summed E-state index contributed by atoms with van der Waals surface area (Å²) in [5.74, 6) is -1.47. The number of carboxylic acids is 1. The highest BCUT2D eigenvalue weighted by Crippen LogP contribution is 2.21. The van der Waals surface area contributed by atoms with Crippen molar-refractivity contribution in [3.05, 3.63) is 0 Å². The second-order valence-corrected chi connectivity index (χ2v) is 3.56. The number of hydrogen-bond donors (Lipinski definition) is 4. The topological polar surface area (TPSA) is 98.7 Å². The van der Waals surface area contributed by atoms with Crippen LogP contribution in [0.3, 0.4) is 0 Å². The summed E-state index contributed by atoms with van der Waals surface area (Å²) < 4.78 is 35.2.